The maximum atomic E-state index is 12.5. The molecule has 6 heteroatoms. The summed E-state index contributed by atoms with van der Waals surface area (Å²) in [5, 5.41) is 3.55. The summed E-state index contributed by atoms with van der Waals surface area (Å²) in [5.74, 6) is -0.0748. The number of fused-ring (bicyclic) bond motifs is 1. The van der Waals surface area contributed by atoms with Crippen molar-refractivity contribution in [1.82, 2.24) is 14.9 Å². The molecule has 1 amide bonds. The first-order chi connectivity index (χ1) is 11.6. The van der Waals surface area contributed by atoms with Crippen LogP contribution in [0.3, 0.4) is 0 Å². The molecule has 2 aromatic rings. The number of hydrogen-bond acceptors (Lipinski definition) is 4. The fourth-order valence-electron chi connectivity index (χ4n) is 3.13. The van der Waals surface area contributed by atoms with E-state index in [2.05, 4.69) is 10.3 Å². The lowest BCUT2D eigenvalue weighted by Gasteiger charge is -2.20. The first-order valence-electron chi connectivity index (χ1n) is 8.42. The van der Waals surface area contributed by atoms with E-state index in [1.54, 1.807) is 6.07 Å². The van der Waals surface area contributed by atoms with Crippen LogP contribution in [-0.4, -0.2) is 34.2 Å². The zero-order chi connectivity index (χ0) is 17.1. The van der Waals surface area contributed by atoms with Crippen molar-refractivity contribution in [2.75, 3.05) is 6.61 Å². The Morgan fingerprint density at radius 1 is 1.50 bits per heavy atom. The molecule has 0 bridgehead atoms. The minimum atomic E-state index is -0.108. The first kappa shape index (κ1) is 16.6. The van der Waals surface area contributed by atoms with Crippen LogP contribution in [0, 0.1) is 6.92 Å². The fraction of sp³-hybridized carbons (Fsp3) is 0.500. The van der Waals surface area contributed by atoms with Crippen LogP contribution in [0.25, 0.3) is 10.9 Å². The van der Waals surface area contributed by atoms with Gasteiger partial charge in [-0.15, -0.1) is 0 Å². The molecule has 0 radical (unpaired) electrons. The van der Waals surface area contributed by atoms with Gasteiger partial charge in [0.2, 0.25) is 5.91 Å². The van der Waals surface area contributed by atoms with Gasteiger partial charge >= 0.3 is 0 Å². The molecule has 1 saturated heterocycles. The third kappa shape index (κ3) is 3.48. The number of rotatable bonds is 5. The van der Waals surface area contributed by atoms with E-state index in [0.717, 1.165) is 30.5 Å². The Bertz CT molecular complexity index is 794. The summed E-state index contributed by atoms with van der Waals surface area (Å²) >= 11 is 0. The SMILES string of the molecule is Cc1cccc2c(=O)n(CCC(=O)NC(C)C3CCCO3)cnc12. The summed E-state index contributed by atoms with van der Waals surface area (Å²) in [6.07, 6.45) is 3.89. The van der Waals surface area contributed by atoms with Crippen molar-refractivity contribution in [3.05, 3.63) is 40.4 Å². The second kappa shape index (κ2) is 7.13. The van der Waals surface area contributed by atoms with Crippen LogP contribution in [0.15, 0.2) is 29.3 Å². The van der Waals surface area contributed by atoms with Crippen LogP contribution in [-0.2, 0) is 16.1 Å². The topological polar surface area (TPSA) is 73.2 Å². The molecule has 1 fully saturated rings. The van der Waals surface area contributed by atoms with E-state index >= 15 is 0 Å². The van der Waals surface area contributed by atoms with E-state index in [4.69, 9.17) is 4.74 Å². The number of carbonyl (C=O) groups is 1. The number of nitrogens with zero attached hydrogens (tertiary/aromatic N) is 2. The Labute approximate surface area is 140 Å². The molecule has 128 valence electrons. The van der Waals surface area contributed by atoms with Crippen molar-refractivity contribution in [3.63, 3.8) is 0 Å². The van der Waals surface area contributed by atoms with E-state index in [-0.39, 0.29) is 30.0 Å². The molecule has 1 aromatic carbocycles. The summed E-state index contributed by atoms with van der Waals surface area (Å²) in [4.78, 5) is 29.0. The molecule has 24 heavy (non-hydrogen) atoms. The van der Waals surface area contributed by atoms with Gasteiger partial charge < -0.3 is 10.1 Å². The van der Waals surface area contributed by atoms with Crippen LogP contribution >= 0.6 is 0 Å². The smallest absolute Gasteiger partial charge is 0.261 e. The molecule has 6 nitrogen and oxygen atoms in total. The summed E-state index contributed by atoms with van der Waals surface area (Å²) < 4.78 is 7.08. The van der Waals surface area contributed by atoms with Gasteiger partial charge in [-0.05, 0) is 38.3 Å². The molecule has 1 aromatic heterocycles. The Kier molecular flexibility index (Phi) is 4.94. The zero-order valence-electron chi connectivity index (χ0n) is 14.1. The van der Waals surface area contributed by atoms with Crippen molar-refractivity contribution in [1.29, 1.82) is 0 Å². The standard InChI is InChI=1S/C18H23N3O3/c1-12-5-3-6-14-17(12)19-11-21(18(14)23)9-8-16(22)20-13(2)15-7-4-10-24-15/h3,5-6,11,13,15H,4,7-10H2,1-2H3,(H,20,22). The molecule has 0 aliphatic carbocycles. The minimum Gasteiger partial charge on any atom is -0.376 e. The molecular weight excluding hydrogens is 306 g/mol. The molecule has 0 spiro atoms. The number of hydrogen-bond donors (Lipinski definition) is 1. The first-order valence-corrected chi connectivity index (χ1v) is 8.42. The number of para-hydroxylation sites is 1. The van der Waals surface area contributed by atoms with Gasteiger partial charge in [-0.2, -0.15) is 0 Å². The lowest BCUT2D eigenvalue weighted by Crippen LogP contribution is -2.41. The Balaban J connectivity index is 1.64. The van der Waals surface area contributed by atoms with Crippen LogP contribution in [0.2, 0.25) is 0 Å². The van der Waals surface area contributed by atoms with Crippen molar-refractivity contribution < 1.29 is 9.53 Å². The number of carbonyl (C=O) groups excluding carboxylic acids is 1. The summed E-state index contributed by atoms with van der Waals surface area (Å²) in [7, 11) is 0. The molecule has 2 heterocycles. The maximum absolute atomic E-state index is 12.5. The quantitative estimate of drug-likeness (QED) is 0.907. The van der Waals surface area contributed by atoms with Crippen molar-refractivity contribution in [2.24, 2.45) is 0 Å². The van der Waals surface area contributed by atoms with Gasteiger partial charge in [-0.1, -0.05) is 12.1 Å². The van der Waals surface area contributed by atoms with Crippen LogP contribution in [0.4, 0.5) is 0 Å². The minimum absolute atomic E-state index is 0.00546. The van der Waals surface area contributed by atoms with E-state index in [1.807, 2.05) is 26.0 Å². The van der Waals surface area contributed by atoms with E-state index in [0.29, 0.717) is 11.9 Å². The highest BCUT2D eigenvalue weighted by Gasteiger charge is 2.23. The number of ether oxygens (including phenoxy) is 1. The highest BCUT2D eigenvalue weighted by atomic mass is 16.5. The molecule has 1 aliphatic rings. The van der Waals surface area contributed by atoms with Crippen molar-refractivity contribution in [2.45, 2.75) is 51.8 Å². The summed E-state index contributed by atoms with van der Waals surface area (Å²) in [6.45, 7) is 4.97. The van der Waals surface area contributed by atoms with Gasteiger partial charge in [0.1, 0.15) is 0 Å². The largest absolute Gasteiger partial charge is 0.376 e. The van der Waals surface area contributed by atoms with E-state index in [9.17, 15) is 9.59 Å². The lowest BCUT2D eigenvalue weighted by molar-refractivity contribution is -0.122. The normalized spacial score (nSPS) is 18.7. The molecule has 1 aliphatic heterocycles. The second-order valence-corrected chi connectivity index (χ2v) is 6.37. The van der Waals surface area contributed by atoms with Gasteiger partial charge in [0.25, 0.3) is 5.56 Å². The Hall–Kier alpha value is -2.21. The highest BCUT2D eigenvalue weighted by Crippen LogP contribution is 2.15. The number of aromatic nitrogens is 2. The molecule has 2 atom stereocenters. The van der Waals surface area contributed by atoms with Gasteiger partial charge in [-0.3, -0.25) is 14.2 Å². The van der Waals surface area contributed by atoms with Gasteiger partial charge in [-0.25, -0.2) is 4.98 Å². The van der Waals surface area contributed by atoms with E-state index in [1.165, 1.54) is 10.9 Å². The summed E-state index contributed by atoms with van der Waals surface area (Å²) in [5.41, 5.74) is 1.58. The molecule has 0 saturated carbocycles. The molecule has 1 N–H and O–H groups in total. The lowest BCUT2D eigenvalue weighted by atomic mass is 10.1. The third-order valence-corrected chi connectivity index (χ3v) is 4.55. The molecular formula is C18H23N3O3. The Morgan fingerprint density at radius 2 is 2.33 bits per heavy atom. The van der Waals surface area contributed by atoms with Crippen molar-refractivity contribution in [3.8, 4) is 0 Å². The monoisotopic (exact) mass is 329 g/mol. The zero-order valence-corrected chi connectivity index (χ0v) is 14.1. The number of amides is 1. The summed E-state index contributed by atoms with van der Waals surface area (Å²) in [6, 6.07) is 5.54. The average Bonchev–Trinajstić information content (AvgIpc) is 3.09. The van der Waals surface area contributed by atoms with Crippen LogP contribution < -0.4 is 10.9 Å². The fourth-order valence-corrected chi connectivity index (χ4v) is 3.13. The molecule has 3 rings (SSSR count). The van der Waals surface area contributed by atoms with Crippen LogP contribution in [0.1, 0.15) is 31.7 Å². The van der Waals surface area contributed by atoms with Crippen LogP contribution in [0.5, 0.6) is 0 Å². The second-order valence-electron chi connectivity index (χ2n) is 6.37. The number of benzene rings is 1. The average molecular weight is 329 g/mol. The van der Waals surface area contributed by atoms with Gasteiger partial charge in [0.15, 0.2) is 0 Å². The van der Waals surface area contributed by atoms with E-state index < -0.39 is 0 Å². The van der Waals surface area contributed by atoms with Gasteiger partial charge in [0.05, 0.1) is 29.4 Å². The predicted octanol–water partition coefficient (Wildman–Crippen LogP) is 1.78. The number of nitrogens with one attached hydrogen (secondary N) is 1. The Morgan fingerprint density at radius 3 is 3.08 bits per heavy atom. The number of aryl methyl sites for hydroxylation is 2. The predicted molar refractivity (Wildman–Crippen MR) is 91.9 cm³/mol. The third-order valence-electron chi connectivity index (χ3n) is 4.55. The maximum Gasteiger partial charge on any atom is 0.261 e. The van der Waals surface area contributed by atoms with Crippen molar-refractivity contribution >= 4 is 16.8 Å². The molecule has 2 unspecified atom stereocenters. The van der Waals surface area contributed by atoms with Gasteiger partial charge in [0, 0.05) is 19.6 Å². The highest BCUT2D eigenvalue weighted by molar-refractivity contribution is 5.80.